The summed E-state index contributed by atoms with van der Waals surface area (Å²) < 4.78 is 143. The molecule has 3 rings (SSSR count). The van der Waals surface area contributed by atoms with Crippen LogP contribution >= 0.6 is 0 Å². The van der Waals surface area contributed by atoms with Crippen molar-refractivity contribution in [3.8, 4) is 11.8 Å². The van der Waals surface area contributed by atoms with Gasteiger partial charge in [-0.05, 0) is 38.5 Å². The lowest BCUT2D eigenvalue weighted by Crippen LogP contribution is -2.21. The molecule has 20 nitrogen and oxygen atoms in total. The van der Waals surface area contributed by atoms with E-state index in [0.29, 0.717) is 6.42 Å². The molecule has 0 spiro atoms. The van der Waals surface area contributed by atoms with Crippen LogP contribution in [0.4, 0.5) is 0 Å². The van der Waals surface area contributed by atoms with Gasteiger partial charge in [0.05, 0.1) is 81.2 Å². The van der Waals surface area contributed by atoms with E-state index in [2.05, 4.69) is 16.6 Å². The maximum atomic E-state index is 12.0. The van der Waals surface area contributed by atoms with E-state index in [-0.39, 0.29) is 55.5 Å². The molecule has 0 saturated heterocycles. The Kier molecular flexibility index (Phi) is 40.5. The number of hydrogen-bond acceptors (Lipinski definition) is 20. The molecule has 0 bridgehead atoms. The number of carbonyl (C=O) groups is 4. The SMILES string of the molecule is CCC#CC(=O)OCCS(=O)(=O)[O-].O=C(OCCS(=O)(=O)[O-])C1CCCCCCCCC1.O=C(OCCS(=O)(=O)[O-])C1CCCCCCCCCC1.O=C(OCCS(=O)(=O)[O-])C1CCCCCCCCCCC1. The van der Waals surface area contributed by atoms with Crippen molar-refractivity contribution in [2.24, 2.45) is 17.8 Å². The number of hydrogen-bond donors (Lipinski definition) is 0. The normalized spacial score (nSPS) is 18.3. The van der Waals surface area contributed by atoms with E-state index in [9.17, 15) is 71.1 Å². The second-order valence-electron chi connectivity index (χ2n) is 18.6. The maximum absolute atomic E-state index is 12.0. The zero-order chi connectivity index (χ0) is 54.9. The minimum atomic E-state index is -4.32. The Morgan fingerprint density at radius 1 is 0.356 bits per heavy atom. The zero-order valence-electron chi connectivity index (χ0n) is 43.1. The first-order chi connectivity index (χ1) is 34.4. The van der Waals surface area contributed by atoms with Crippen molar-refractivity contribution in [2.75, 3.05) is 49.4 Å². The molecule has 0 aromatic rings. The molecule has 0 atom stereocenters. The van der Waals surface area contributed by atoms with Gasteiger partial charge >= 0.3 is 23.9 Å². The molecule has 0 unspecified atom stereocenters. The highest BCUT2D eigenvalue weighted by Gasteiger charge is 2.22. The first kappa shape index (κ1) is 70.1. The lowest BCUT2D eigenvalue weighted by Gasteiger charge is -2.17. The van der Waals surface area contributed by atoms with Crippen molar-refractivity contribution < 1.29 is 90.0 Å². The lowest BCUT2D eigenvalue weighted by molar-refractivity contribution is -0.149. The van der Waals surface area contributed by atoms with E-state index in [1.165, 1.54) is 77.0 Å². The Labute approximate surface area is 437 Å². The summed E-state index contributed by atoms with van der Waals surface area (Å²) in [7, 11) is -17.2. The van der Waals surface area contributed by atoms with Crippen molar-refractivity contribution in [2.45, 2.75) is 206 Å². The summed E-state index contributed by atoms with van der Waals surface area (Å²) in [6.07, 6.45) is 33.3. The average Bonchev–Trinajstić information content (AvgIpc) is 3.35. The highest BCUT2D eigenvalue weighted by molar-refractivity contribution is 7.86. The molecule has 0 heterocycles. The molecule has 3 saturated carbocycles. The first-order valence-corrected chi connectivity index (χ1v) is 32.6. The summed E-state index contributed by atoms with van der Waals surface area (Å²) in [6.45, 7) is 0.356. The summed E-state index contributed by atoms with van der Waals surface area (Å²) in [6, 6.07) is 0. The van der Waals surface area contributed by atoms with Gasteiger partial charge < -0.3 is 37.2 Å². The van der Waals surface area contributed by atoms with Crippen LogP contribution in [0.1, 0.15) is 206 Å². The predicted octanol–water partition coefficient (Wildman–Crippen LogP) is 7.31. The molecule has 0 aromatic heterocycles. The van der Waals surface area contributed by atoms with Crippen molar-refractivity contribution in [3.05, 3.63) is 0 Å². The van der Waals surface area contributed by atoms with Crippen molar-refractivity contribution in [3.63, 3.8) is 0 Å². The van der Waals surface area contributed by atoms with Gasteiger partial charge in [0.1, 0.15) is 26.4 Å². The third-order valence-corrected chi connectivity index (χ3v) is 14.9. The van der Waals surface area contributed by atoms with Gasteiger partial charge in [0.25, 0.3) is 0 Å². The van der Waals surface area contributed by atoms with E-state index in [1.807, 2.05) is 0 Å². The molecule has 3 aliphatic rings. The van der Waals surface area contributed by atoms with Crippen LogP contribution in [0.5, 0.6) is 0 Å². The lowest BCUT2D eigenvalue weighted by atomic mass is 9.92. The van der Waals surface area contributed by atoms with Crippen molar-refractivity contribution >= 4 is 64.3 Å². The smallest absolute Gasteiger partial charge is 0.384 e. The fraction of sp³-hybridized carbons (Fsp3) is 0.878. The van der Waals surface area contributed by atoms with Gasteiger partial charge in [0.15, 0.2) is 0 Å². The van der Waals surface area contributed by atoms with Crippen LogP contribution in [0.25, 0.3) is 0 Å². The third kappa shape index (κ3) is 48.5. The summed E-state index contributed by atoms with van der Waals surface area (Å²) in [5.41, 5.74) is 0. The molecular formula is C49H84O20S4-4. The standard InChI is InChI=1S/C15H28O5S.C14H26O5S.C13H24O5S.C7H10O5S/c16-15(20-12-13-21(17,18)19)14-10-8-6-4-2-1-3-5-7-9-11-14;15-14(19-11-12-20(16,17)18)13-9-7-5-3-1-2-4-6-8-10-13;14-13(18-10-11-19(15,16)17)12-8-6-4-2-1-3-5-7-9-12;1-2-3-4-7(8)12-5-6-13(9,10)11/h14H,1-13H2,(H,17,18,19);13H,1-12H2,(H,16,17,18);12H,1-11H2,(H,15,16,17);2,5-6H2,1H3,(H,9,10,11)/p-4. The monoisotopic (exact) mass is 1120 g/mol. The van der Waals surface area contributed by atoms with E-state index >= 15 is 0 Å². The van der Waals surface area contributed by atoms with Crippen molar-refractivity contribution in [1.29, 1.82) is 0 Å². The van der Waals surface area contributed by atoms with E-state index in [4.69, 9.17) is 14.2 Å². The fourth-order valence-electron chi connectivity index (χ4n) is 8.19. The van der Waals surface area contributed by atoms with Crippen LogP contribution < -0.4 is 0 Å². The molecule has 73 heavy (non-hydrogen) atoms. The van der Waals surface area contributed by atoms with Crippen LogP contribution in [-0.2, 0) is 78.6 Å². The van der Waals surface area contributed by atoms with E-state index < -0.39 is 76.1 Å². The quantitative estimate of drug-likeness (QED) is 0.0510. The van der Waals surface area contributed by atoms with Gasteiger partial charge in [-0.2, -0.15) is 0 Å². The second kappa shape index (κ2) is 42.2. The Morgan fingerprint density at radius 3 is 0.740 bits per heavy atom. The molecule has 0 aromatic carbocycles. The summed E-state index contributed by atoms with van der Waals surface area (Å²) in [5, 5.41) is 0. The minimum Gasteiger partial charge on any atom is -0.748 e. The first-order valence-electron chi connectivity index (χ1n) is 26.3. The van der Waals surface area contributed by atoms with Crippen LogP contribution in [0.3, 0.4) is 0 Å². The summed E-state index contributed by atoms with van der Waals surface area (Å²) in [5.74, 6) is -0.306. The Balaban J connectivity index is 0.000000960. The molecular weight excluding hydrogens is 1040 g/mol. The van der Waals surface area contributed by atoms with Crippen LogP contribution in [-0.4, -0.2) is 125 Å². The highest BCUT2D eigenvalue weighted by atomic mass is 32.2. The van der Waals surface area contributed by atoms with Gasteiger partial charge in [-0.15, -0.1) is 0 Å². The number of ether oxygens (including phenoxy) is 4. The number of esters is 4. The maximum Gasteiger partial charge on any atom is 0.384 e. The van der Waals surface area contributed by atoms with Gasteiger partial charge in [-0.1, -0.05) is 167 Å². The average molecular weight is 1120 g/mol. The zero-order valence-corrected chi connectivity index (χ0v) is 46.4. The highest BCUT2D eigenvalue weighted by Crippen LogP contribution is 2.25. The molecule has 24 heteroatoms. The summed E-state index contributed by atoms with van der Waals surface area (Å²) >= 11 is 0. The largest absolute Gasteiger partial charge is 0.748 e. The molecule has 3 aliphatic carbocycles. The minimum absolute atomic E-state index is 0.132. The van der Waals surface area contributed by atoms with Crippen LogP contribution in [0, 0.1) is 29.6 Å². The summed E-state index contributed by atoms with van der Waals surface area (Å²) in [4.78, 5) is 46.3. The van der Waals surface area contributed by atoms with Gasteiger partial charge in [0.2, 0.25) is 0 Å². The third-order valence-electron chi connectivity index (χ3n) is 12.2. The van der Waals surface area contributed by atoms with Gasteiger partial charge in [-0.25, -0.2) is 38.5 Å². The molecule has 0 amide bonds. The van der Waals surface area contributed by atoms with E-state index in [0.717, 1.165) is 116 Å². The van der Waals surface area contributed by atoms with Crippen molar-refractivity contribution in [1.82, 2.24) is 0 Å². The fourth-order valence-corrected chi connectivity index (χ4v) is 9.34. The van der Waals surface area contributed by atoms with E-state index in [1.54, 1.807) is 6.92 Å². The Bertz CT molecular complexity index is 2000. The molecule has 3 fully saturated rings. The second-order valence-corrected chi connectivity index (χ2v) is 24.7. The number of carbonyl (C=O) groups excluding carboxylic acids is 4. The molecule has 0 aliphatic heterocycles. The van der Waals surface area contributed by atoms with Gasteiger partial charge in [-0.3, -0.25) is 14.4 Å². The number of rotatable bonds is 15. The van der Waals surface area contributed by atoms with Crippen LogP contribution in [0.15, 0.2) is 0 Å². The predicted molar refractivity (Wildman–Crippen MR) is 269 cm³/mol. The van der Waals surface area contributed by atoms with Gasteiger partial charge in [0, 0.05) is 12.3 Å². The molecule has 428 valence electrons. The van der Waals surface area contributed by atoms with Crippen LogP contribution in [0.2, 0.25) is 0 Å². The topological polar surface area (TPSA) is 334 Å². The Morgan fingerprint density at radius 2 is 0.548 bits per heavy atom. The molecule has 0 N–H and O–H groups in total. The molecule has 0 radical (unpaired) electrons. The Hall–Kier alpha value is -2.92.